The second-order valence-corrected chi connectivity index (χ2v) is 10.9. The molecule has 0 aliphatic carbocycles. The fraction of sp³-hybridized carbons (Fsp3) is 0.360. The zero-order valence-corrected chi connectivity index (χ0v) is 21.3. The Morgan fingerprint density at radius 2 is 1.69 bits per heavy atom. The maximum atomic E-state index is 13.3. The van der Waals surface area contributed by atoms with Gasteiger partial charge in [-0.3, -0.25) is 9.59 Å². The van der Waals surface area contributed by atoms with E-state index in [0.717, 1.165) is 5.56 Å². The highest BCUT2D eigenvalue weighted by atomic mass is 35.5. The molecular formula is C25H26ClN3O6S. The van der Waals surface area contributed by atoms with Gasteiger partial charge >= 0.3 is 12.1 Å². The second kappa shape index (κ2) is 10.8. The molecule has 2 N–H and O–H groups in total. The number of nitrogens with zero attached hydrogens (tertiary/aromatic N) is 1. The van der Waals surface area contributed by atoms with Crippen molar-refractivity contribution in [1.29, 1.82) is 0 Å². The summed E-state index contributed by atoms with van der Waals surface area (Å²) >= 11 is 6.94. The highest BCUT2D eigenvalue weighted by Crippen LogP contribution is 2.51. The summed E-state index contributed by atoms with van der Waals surface area (Å²) < 4.78 is 9.59. The summed E-state index contributed by atoms with van der Waals surface area (Å²) in [6, 6.07) is 14.7. The lowest BCUT2D eigenvalue weighted by atomic mass is 9.95. The standard InChI is InChI=1S/C25H26ClN3O6S/c1-25(2)19(23(32)35-14-26)29-21(31)18(22(29)36-25)27-20(30)17(16-11-7-4-8-12-16)28-24(33)34-13-15-9-5-3-6-10-15/h3-12,17-19,22H,13-14H2,1-2H3,(H,27,30)(H,28,33)/t17?,18?,19-,22+/m0/s1. The van der Waals surface area contributed by atoms with Crippen LogP contribution in [0.1, 0.15) is 31.0 Å². The van der Waals surface area contributed by atoms with Crippen molar-refractivity contribution in [3.05, 3.63) is 71.8 Å². The number of esters is 1. The van der Waals surface area contributed by atoms with Crippen molar-refractivity contribution in [3.8, 4) is 0 Å². The minimum atomic E-state index is -1.09. The zero-order chi connectivity index (χ0) is 25.9. The minimum absolute atomic E-state index is 0.0411. The van der Waals surface area contributed by atoms with Gasteiger partial charge < -0.3 is 25.0 Å². The molecule has 11 heteroatoms. The number of alkyl halides is 1. The van der Waals surface area contributed by atoms with E-state index in [-0.39, 0.29) is 12.7 Å². The van der Waals surface area contributed by atoms with E-state index < -0.39 is 52.1 Å². The normalized spacial score (nSPS) is 22.6. The largest absolute Gasteiger partial charge is 0.448 e. The molecule has 4 atom stereocenters. The van der Waals surface area contributed by atoms with Gasteiger partial charge in [-0.2, -0.15) is 0 Å². The lowest BCUT2D eigenvalue weighted by Crippen LogP contribution is -2.71. The number of ether oxygens (including phenoxy) is 2. The molecule has 0 saturated carbocycles. The third-order valence-electron chi connectivity index (χ3n) is 6.03. The molecule has 2 aliphatic rings. The van der Waals surface area contributed by atoms with Crippen LogP contribution < -0.4 is 10.6 Å². The lowest BCUT2D eigenvalue weighted by molar-refractivity contribution is -0.163. The van der Waals surface area contributed by atoms with Gasteiger partial charge in [0.15, 0.2) is 6.07 Å². The Morgan fingerprint density at radius 1 is 1.06 bits per heavy atom. The van der Waals surface area contributed by atoms with Crippen molar-refractivity contribution in [2.24, 2.45) is 0 Å². The molecular weight excluding hydrogens is 506 g/mol. The van der Waals surface area contributed by atoms with Crippen molar-refractivity contribution in [2.75, 3.05) is 6.07 Å². The molecule has 2 fully saturated rings. The number of β-lactam (4-membered cyclic amide) rings is 1. The summed E-state index contributed by atoms with van der Waals surface area (Å²) in [5, 5.41) is 4.89. The van der Waals surface area contributed by atoms with Crippen LogP contribution in [0, 0.1) is 0 Å². The molecule has 4 rings (SSSR count). The Bertz CT molecular complexity index is 1130. The SMILES string of the molecule is CC1(C)S[C@@H]2C(NC(=O)C(NC(=O)OCc3ccccc3)c3ccccc3)C(=O)N2[C@H]1C(=O)OCCl. The Balaban J connectivity index is 1.45. The molecule has 2 aromatic carbocycles. The first kappa shape index (κ1) is 25.8. The monoisotopic (exact) mass is 531 g/mol. The number of benzene rings is 2. The van der Waals surface area contributed by atoms with E-state index in [2.05, 4.69) is 10.6 Å². The minimum Gasteiger partial charge on any atom is -0.448 e. The Morgan fingerprint density at radius 3 is 2.33 bits per heavy atom. The molecule has 0 aromatic heterocycles. The Kier molecular flexibility index (Phi) is 7.75. The van der Waals surface area contributed by atoms with E-state index in [4.69, 9.17) is 21.1 Å². The van der Waals surface area contributed by atoms with E-state index in [9.17, 15) is 19.2 Å². The summed E-state index contributed by atoms with van der Waals surface area (Å²) in [5.41, 5.74) is 1.33. The van der Waals surface area contributed by atoms with Crippen LogP contribution in [-0.2, 0) is 30.5 Å². The van der Waals surface area contributed by atoms with Gasteiger partial charge in [0.25, 0.3) is 0 Å². The number of carbonyl (C=O) groups is 4. The van der Waals surface area contributed by atoms with Gasteiger partial charge in [-0.25, -0.2) is 9.59 Å². The van der Waals surface area contributed by atoms with Gasteiger partial charge in [0.05, 0.1) is 0 Å². The van der Waals surface area contributed by atoms with Crippen LogP contribution in [0.15, 0.2) is 60.7 Å². The van der Waals surface area contributed by atoms with Crippen LogP contribution in [-0.4, -0.2) is 57.0 Å². The lowest BCUT2D eigenvalue weighted by Gasteiger charge is -2.44. The number of halogens is 1. The molecule has 36 heavy (non-hydrogen) atoms. The van der Waals surface area contributed by atoms with Gasteiger partial charge in [-0.05, 0) is 25.0 Å². The third kappa shape index (κ3) is 5.29. The first-order chi connectivity index (χ1) is 17.2. The number of thioether (sulfide) groups is 1. The molecule has 0 radical (unpaired) electrons. The van der Waals surface area contributed by atoms with Crippen LogP contribution in [0.4, 0.5) is 4.79 Å². The molecule has 2 aliphatic heterocycles. The summed E-state index contributed by atoms with van der Waals surface area (Å²) in [6.45, 7) is 3.71. The first-order valence-electron chi connectivity index (χ1n) is 11.3. The number of carbonyl (C=O) groups excluding carboxylic acids is 4. The Labute approximate surface area is 217 Å². The number of fused-ring (bicyclic) bond motifs is 1. The molecule has 2 aromatic rings. The summed E-state index contributed by atoms with van der Waals surface area (Å²) in [4.78, 5) is 52.7. The fourth-order valence-electron chi connectivity index (χ4n) is 4.32. The van der Waals surface area contributed by atoms with Gasteiger partial charge in [-0.15, -0.1) is 11.8 Å². The van der Waals surface area contributed by atoms with E-state index in [1.165, 1.54) is 16.7 Å². The highest BCUT2D eigenvalue weighted by Gasteiger charge is 2.64. The molecule has 190 valence electrons. The zero-order valence-electron chi connectivity index (χ0n) is 19.7. The van der Waals surface area contributed by atoms with E-state index in [1.807, 2.05) is 44.2 Å². The van der Waals surface area contributed by atoms with Crippen LogP contribution in [0.5, 0.6) is 0 Å². The number of hydrogen-bond acceptors (Lipinski definition) is 7. The van der Waals surface area contributed by atoms with Gasteiger partial charge in [-0.1, -0.05) is 72.3 Å². The van der Waals surface area contributed by atoms with Crippen LogP contribution in [0.2, 0.25) is 0 Å². The first-order valence-corrected chi connectivity index (χ1v) is 12.7. The molecule has 0 spiro atoms. The third-order valence-corrected chi connectivity index (χ3v) is 7.71. The topological polar surface area (TPSA) is 114 Å². The van der Waals surface area contributed by atoms with Crippen molar-refractivity contribution in [2.45, 2.75) is 48.7 Å². The quantitative estimate of drug-likeness (QED) is 0.306. The number of rotatable bonds is 8. The van der Waals surface area contributed by atoms with Gasteiger partial charge in [0.2, 0.25) is 11.8 Å². The molecule has 2 heterocycles. The second-order valence-electron chi connectivity index (χ2n) is 8.87. The van der Waals surface area contributed by atoms with Crippen LogP contribution >= 0.6 is 23.4 Å². The van der Waals surface area contributed by atoms with Crippen molar-refractivity contribution >= 4 is 47.2 Å². The van der Waals surface area contributed by atoms with Gasteiger partial charge in [0.1, 0.15) is 30.1 Å². The number of amides is 3. The van der Waals surface area contributed by atoms with Crippen molar-refractivity contribution in [3.63, 3.8) is 0 Å². The summed E-state index contributed by atoms with van der Waals surface area (Å²) in [7, 11) is 0. The predicted molar refractivity (Wildman–Crippen MR) is 134 cm³/mol. The van der Waals surface area contributed by atoms with Crippen molar-refractivity contribution < 1.29 is 28.7 Å². The maximum Gasteiger partial charge on any atom is 0.408 e. The smallest absolute Gasteiger partial charge is 0.408 e. The van der Waals surface area contributed by atoms with Crippen LogP contribution in [0.25, 0.3) is 0 Å². The molecule has 9 nitrogen and oxygen atoms in total. The molecule has 2 saturated heterocycles. The molecule has 0 bridgehead atoms. The van der Waals surface area contributed by atoms with Crippen LogP contribution in [0.3, 0.4) is 0 Å². The number of hydrogen-bond donors (Lipinski definition) is 2. The number of nitrogens with one attached hydrogen (secondary N) is 2. The summed E-state index contributed by atoms with van der Waals surface area (Å²) in [6.07, 6.45) is -0.773. The highest BCUT2D eigenvalue weighted by molar-refractivity contribution is 8.01. The van der Waals surface area contributed by atoms with E-state index in [1.54, 1.807) is 30.3 Å². The van der Waals surface area contributed by atoms with E-state index in [0.29, 0.717) is 5.56 Å². The molecule has 2 unspecified atom stereocenters. The maximum absolute atomic E-state index is 13.3. The van der Waals surface area contributed by atoms with Crippen molar-refractivity contribution in [1.82, 2.24) is 15.5 Å². The van der Waals surface area contributed by atoms with E-state index >= 15 is 0 Å². The fourth-order valence-corrected chi connectivity index (χ4v) is 6.05. The summed E-state index contributed by atoms with van der Waals surface area (Å²) in [5.74, 6) is -1.56. The molecule has 3 amide bonds. The Hall–Kier alpha value is -3.24. The predicted octanol–water partition coefficient (Wildman–Crippen LogP) is 2.94. The van der Waals surface area contributed by atoms with Gasteiger partial charge in [0, 0.05) is 4.75 Å². The average Bonchev–Trinajstić information content (AvgIpc) is 3.13. The average molecular weight is 532 g/mol. The number of alkyl carbamates (subject to hydrolysis) is 1.